The number of rotatable bonds is 8. The Morgan fingerprint density at radius 3 is 1.60 bits per heavy atom. The third-order valence-corrected chi connectivity index (χ3v) is 6.12. The highest BCUT2D eigenvalue weighted by molar-refractivity contribution is 6.10. The van der Waals surface area contributed by atoms with Crippen LogP contribution in [0.2, 0.25) is 0 Å². The van der Waals surface area contributed by atoms with Gasteiger partial charge in [-0.3, -0.25) is 9.59 Å². The molecule has 0 aliphatic heterocycles. The molecule has 7 heteroatoms. The maximum Gasteiger partial charge on any atom is 0.336 e. The molecule has 3 N–H and O–H groups in total. The molecule has 2 amide bonds. The van der Waals surface area contributed by atoms with E-state index in [9.17, 15) is 19.5 Å². The molecule has 0 bridgehead atoms. The summed E-state index contributed by atoms with van der Waals surface area (Å²) in [5.74, 6) is -0.399. The summed E-state index contributed by atoms with van der Waals surface area (Å²) in [6.07, 6.45) is 0. The van der Waals surface area contributed by atoms with Crippen LogP contribution >= 0.6 is 0 Å². The van der Waals surface area contributed by atoms with Gasteiger partial charge in [0, 0.05) is 22.5 Å². The van der Waals surface area contributed by atoms with Gasteiger partial charge >= 0.3 is 5.97 Å². The maximum absolute atomic E-state index is 13.1. The third-order valence-electron chi connectivity index (χ3n) is 6.12. The fraction of sp³-hybridized carbons (Fsp3) is 0. The van der Waals surface area contributed by atoms with E-state index in [1.165, 1.54) is 6.07 Å². The van der Waals surface area contributed by atoms with Gasteiger partial charge in [0.2, 0.25) is 0 Å². The number of hydrogen-bond donors (Lipinski definition) is 3. The third kappa shape index (κ3) is 6.06. The number of para-hydroxylation sites is 1. The molecule has 0 saturated heterocycles. The number of carboxylic acid groups (broad SMARTS) is 1. The first kappa shape index (κ1) is 25.9. The second-order valence-corrected chi connectivity index (χ2v) is 8.82. The molecular weight excluding hydrogens is 504 g/mol. The predicted octanol–water partition coefficient (Wildman–Crippen LogP) is 7.35. The number of anilines is 2. The Labute approximate surface area is 230 Å². The molecular formula is C33H24N2O5. The number of aromatic carboxylic acids is 1. The number of carbonyl (C=O) groups excluding carboxylic acids is 2. The van der Waals surface area contributed by atoms with Gasteiger partial charge in [0.1, 0.15) is 11.5 Å². The first-order valence-corrected chi connectivity index (χ1v) is 12.5. The van der Waals surface area contributed by atoms with Gasteiger partial charge in [-0.2, -0.15) is 0 Å². The molecule has 0 unspecified atom stereocenters. The van der Waals surface area contributed by atoms with Crippen molar-refractivity contribution >= 4 is 29.2 Å². The molecule has 7 nitrogen and oxygen atoms in total. The molecule has 5 aromatic carbocycles. The van der Waals surface area contributed by atoms with Crippen molar-refractivity contribution in [2.75, 3.05) is 10.6 Å². The largest absolute Gasteiger partial charge is 0.478 e. The van der Waals surface area contributed by atoms with Crippen molar-refractivity contribution in [1.82, 2.24) is 0 Å². The second-order valence-electron chi connectivity index (χ2n) is 8.82. The number of carboxylic acids is 1. The quantitative estimate of drug-likeness (QED) is 0.195. The lowest BCUT2D eigenvalue weighted by molar-refractivity contribution is 0.0697. The average molecular weight is 529 g/mol. The first-order valence-electron chi connectivity index (χ1n) is 12.5. The SMILES string of the molecule is O=C(Nc1ccc(Oc2ccccc2)cc1)c1ccc(NC(=O)c2ccccc2-c2ccccc2C(=O)O)cc1. The topological polar surface area (TPSA) is 105 Å². The Bertz CT molecular complexity index is 1660. The number of ether oxygens (including phenoxy) is 1. The van der Waals surface area contributed by atoms with E-state index in [4.69, 9.17) is 4.74 Å². The van der Waals surface area contributed by atoms with E-state index in [1.54, 1.807) is 91.0 Å². The fourth-order valence-electron chi connectivity index (χ4n) is 4.16. The molecule has 196 valence electrons. The van der Waals surface area contributed by atoms with Gasteiger partial charge in [0.25, 0.3) is 11.8 Å². The molecule has 0 aliphatic carbocycles. The van der Waals surface area contributed by atoms with Crippen LogP contribution in [0.15, 0.2) is 127 Å². The van der Waals surface area contributed by atoms with Crippen molar-refractivity contribution in [1.29, 1.82) is 0 Å². The lowest BCUT2D eigenvalue weighted by Crippen LogP contribution is -2.15. The Hall–Kier alpha value is -5.69. The number of carbonyl (C=O) groups is 3. The minimum Gasteiger partial charge on any atom is -0.478 e. The van der Waals surface area contributed by atoms with Crippen LogP contribution < -0.4 is 15.4 Å². The second kappa shape index (κ2) is 11.8. The minimum atomic E-state index is -1.07. The van der Waals surface area contributed by atoms with Gasteiger partial charge in [-0.05, 0) is 83.9 Å². The van der Waals surface area contributed by atoms with Gasteiger partial charge in [-0.15, -0.1) is 0 Å². The molecule has 0 aliphatic rings. The Morgan fingerprint density at radius 1 is 0.500 bits per heavy atom. The van der Waals surface area contributed by atoms with E-state index in [1.807, 2.05) is 30.3 Å². The number of hydrogen-bond acceptors (Lipinski definition) is 4. The number of amides is 2. The van der Waals surface area contributed by atoms with Crippen LogP contribution in [0, 0.1) is 0 Å². The summed E-state index contributed by atoms with van der Waals surface area (Å²) in [5.41, 5.74) is 2.92. The van der Waals surface area contributed by atoms with Crippen LogP contribution in [0.4, 0.5) is 11.4 Å². The van der Waals surface area contributed by atoms with Gasteiger partial charge in [-0.1, -0.05) is 54.6 Å². The molecule has 0 spiro atoms. The van der Waals surface area contributed by atoms with E-state index in [0.29, 0.717) is 39.4 Å². The van der Waals surface area contributed by atoms with Gasteiger partial charge in [-0.25, -0.2) is 4.79 Å². The van der Waals surface area contributed by atoms with Crippen LogP contribution in [0.3, 0.4) is 0 Å². The Balaban J connectivity index is 1.24. The lowest BCUT2D eigenvalue weighted by Gasteiger charge is -2.13. The van der Waals surface area contributed by atoms with E-state index >= 15 is 0 Å². The van der Waals surface area contributed by atoms with Crippen LogP contribution in [-0.4, -0.2) is 22.9 Å². The molecule has 0 radical (unpaired) electrons. The van der Waals surface area contributed by atoms with Gasteiger partial charge in [0.15, 0.2) is 0 Å². The molecule has 0 saturated carbocycles. The van der Waals surface area contributed by atoms with Crippen molar-refractivity contribution < 1.29 is 24.2 Å². The van der Waals surface area contributed by atoms with Crippen molar-refractivity contribution in [3.05, 3.63) is 144 Å². The summed E-state index contributed by atoms with van der Waals surface area (Å²) in [7, 11) is 0. The van der Waals surface area contributed by atoms with Crippen LogP contribution in [-0.2, 0) is 0 Å². The molecule has 5 aromatic rings. The van der Waals surface area contributed by atoms with Crippen molar-refractivity contribution in [3.63, 3.8) is 0 Å². The minimum absolute atomic E-state index is 0.108. The summed E-state index contributed by atoms with van der Waals surface area (Å²) in [4.78, 5) is 37.6. The highest BCUT2D eigenvalue weighted by atomic mass is 16.5. The normalized spacial score (nSPS) is 10.4. The highest BCUT2D eigenvalue weighted by Crippen LogP contribution is 2.28. The van der Waals surface area contributed by atoms with E-state index in [2.05, 4.69) is 10.6 Å². The first-order chi connectivity index (χ1) is 19.5. The van der Waals surface area contributed by atoms with Crippen molar-refractivity contribution in [2.24, 2.45) is 0 Å². The standard InChI is InChI=1S/C33H24N2O5/c36-31(34-24-18-20-26(21-19-24)40-25-8-2-1-3-9-25)22-14-16-23(17-15-22)35-32(37)29-12-6-4-10-27(29)28-11-5-7-13-30(28)33(38)39/h1-21H,(H,34,36)(H,35,37)(H,38,39). The summed E-state index contributed by atoms with van der Waals surface area (Å²) in [6.45, 7) is 0. The van der Waals surface area contributed by atoms with E-state index in [-0.39, 0.29) is 11.5 Å². The molecule has 5 rings (SSSR count). The van der Waals surface area contributed by atoms with Crippen molar-refractivity contribution in [3.8, 4) is 22.6 Å². The van der Waals surface area contributed by atoms with E-state index in [0.717, 1.165) is 5.75 Å². The number of benzene rings is 5. The Morgan fingerprint density at radius 2 is 0.975 bits per heavy atom. The van der Waals surface area contributed by atoms with Crippen molar-refractivity contribution in [2.45, 2.75) is 0 Å². The molecule has 0 fully saturated rings. The fourth-order valence-corrected chi connectivity index (χ4v) is 4.16. The predicted molar refractivity (Wildman–Crippen MR) is 154 cm³/mol. The molecule has 40 heavy (non-hydrogen) atoms. The summed E-state index contributed by atoms with van der Waals surface area (Å²) in [5, 5.41) is 15.3. The zero-order valence-electron chi connectivity index (χ0n) is 21.2. The van der Waals surface area contributed by atoms with Crippen LogP contribution in [0.5, 0.6) is 11.5 Å². The van der Waals surface area contributed by atoms with Gasteiger partial charge in [0.05, 0.1) is 5.56 Å². The smallest absolute Gasteiger partial charge is 0.336 e. The van der Waals surface area contributed by atoms with Crippen LogP contribution in [0.25, 0.3) is 11.1 Å². The summed E-state index contributed by atoms with van der Waals surface area (Å²) >= 11 is 0. The Kier molecular flexibility index (Phi) is 7.64. The summed E-state index contributed by atoms with van der Waals surface area (Å²) in [6, 6.07) is 36.3. The van der Waals surface area contributed by atoms with Gasteiger partial charge < -0.3 is 20.5 Å². The summed E-state index contributed by atoms with van der Waals surface area (Å²) < 4.78 is 5.78. The zero-order valence-corrected chi connectivity index (χ0v) is 21.2. The molecule has 0 atom stereocenters. The number of nitrogens with one attached hydrogen (secondary N) is 2. The van der Waals surface area contributed by atoms with Crippen LogP contribution in [0.1, 0.15) is 31.1 Å². The lowest BCUT2D eigenvalue weighted by atomic mass is 9.95. The van der Waals surface area contributed by atoms with E-state index < -0.39 is 11.9 Å². The molecule has 0 aromatic heterocycles. The monoisotopic (exact) mass is 528 g/mol. The maximum atomic E-state index is 13.1. The zero-order chi connectivity index (χ0) is 27.9. The molecule has 0 heterocycles. The average Bonchev–Trinajstić information content (AvgIpc) is 2.99. The highest BCUT2D eigenvalue weighted by Gasteiger charge is 2.18.